The molecule has 8 heteroatoms. The Morgan fingerprint density at radius 1 is 1.04 bits per heavy atom. The third kappa shape index (κ3) is 3.63. The number of aromatic nitrogens is 3. The van der Waals surface area contributed by atoms with Crippen molar-refractivity contribution in [2.75, 3.05) is 0 Å². The highest BCUT2D eigenvalue weighted by Crippen LogP contribution is 2.37. The van der Waals surface area contributed by atoms with E-state index in [2.05, 4.69) is 10.1 Å². The number of H-pyrrole nitrogens is 1. The highest BCUT2D eigenvalue weighted by atomic mass is 35.5. The second-order valence-electron chi connectivity index (χ2n) is 5.45. The summed E-state index contributed by atoms with van der Waals surface area (Å²) in [5.74, 6) is -0.0772. The predicted molar refractivity (Wildman–Crippen MR) is 99.4 cm³/mol. The van der Waals surface area contributed by atoms with E-state index in [0.29, 0.717) is 20.8 Å². The Morgan fingerprint density at radius 2 is 1.64 bits per heavy atom. The number of halogens is 3. The van der Waals surface area contributed by atoms with Gasteiger partial charge in [0.1, 0.15) is 6.20 Å². The van der Waals surface area contributed by atoms with Crippen molar-refractivity contribution in [2.45, 2.75) is 12.8 Å². The van der Waals surface area contributed by atoms with Crippen LogP contribution in [-0.4, -0.2) is 14.8 Å². The fourth-order valence-corrected chi connectivity index (χ4v) is 3.49. The molecule has 2 aromatic carbocycles. The molecule has 1 unspecified atom stereocenters. The summed E-state index contributed by atoms with van der Waals surface area (Å²) in [6.45, 7) is 1.97. The van der Waals surface area contributed by atoms with E-state index in [1.165, 1.54) is 0 Å². The largest absolute Gasteiger partial charge is 0.349 e. The van der Waals surface area contributed by atoms with Crippen molar-refractivity contribution in [2.24, 2.45) is 0 Å². The van der Waals surface area contributed by atoms with E-state index in [0.717, 1.165) is 22.0 Å². The van der Waals surface area contributed by atoms with E-state index in [1.54, 1.807) is 24.3 Å². The molecule has 0 radical (unpaired) electrons. The van der Waals surface area contributed by atoms with Crippen LogP contribution in [-0.2, 0) is 0 Å². The number of hydrogen-bond donors (Lipinski definition) is 1. The molecule has 1 atom stereocenters. The van der Waals surface area contributed by atoms with Gasteiger partial charge >= 0.3 is 5.69 Å². The van der Waals surface area contributed by atoms with E-state index in [-0.39, 0.29) is 5.92 Å². The van der Waals surface area contributed by atoms with E-state index in [9.17, 15) is 9.59 Å². The molecule has 0 aliphatic rings. The summed E-state index contributed by atoms with van der Waals surface area (Å²) in [5.41, 5.74) is 0.847. The Morgan fingerprint density at radius 3 is 2.20 bits per heavy atom. The van der Waals surface area contributed by atoms with Gasteiger partial charge in [-0.25, -0.2) is 4.79 Å². The van der Waals surface area contributed by atoms with Crippen LogP contribution in [0.15, 0.2) is 52.2 Å². The van der Waals surface area contributed by atoms with Crippen LogP contribution in [0.4, 0.5) is 0 Å². The first-order valence-corrected chi connectivity index (χ1v) is 8.43. The van der Waals surface area contributed by atoms with Crippen LogP contribution in [0, 0.1) is 0 Å². The number of nitrogens with zero attached hydrogens (tertiary/aromatic N) is 2. The molecular formula is C17H12Cl3N3O2. The molecule has 1 aromatic heterocycles. The Kier molecular flexibility index (Phi) is 4.99. The van der Waals surface area contributed by atoms with Gasteiger partial charge in [0.15, 0.2) is 0 Å². The highest BCUT2D eigenvalue weighted by Gasteiger charge is 2.18. The molecule has 3 aromatic rings. The van der Waals surface area contributed by atoms with Gasteiger partial charge in [-0.2, -0.15) is 9.78 Å². The van der Waals surface area contributed by atoms with Gasteiger partial charge in [0.2, 0.25) is 0 Å². The molecule has 25 heavy (non-hydrogen) atoms. The number of rotatable bonds is 3. The zero-order valence-electron chi connectivity index (χ0n) is 13.0. The SMILES string of the molecule is CC(c1ccc(Cl)cc1)c1c(Cl)cc(-n2ncc(=O)[nH]c2=O)cc1Cl. The molecule has 128 valence electrons. The second kappa shape index (κ2) is 7.04. The summed E-state index contributed by atoms with van der Waals surface area (Å²) >= 11 is 18.8. The van der Waals surface area contributed by atoms with Crippen molar-refractivity contribution in [3.8, 4) is 5.69 Å². The van der Waals surface area contributed by atoms with Crippen LogP contribution in [0.2, 0.25) is 15.1 Å². The zero-order chi connectivity index (χ0) is 18.1. The average Bonchev–Trinajstić information content (AvgIpc) is 2.54. The van der Waals surface area contributed by atoms with Crippen LogP contribution in [0.1, 0.15) is 24.0 Å². The van der Waals surface area contributed by atoms with Crippen molar-refractivity contribution in [3.63, 3.8) is 0 Å². The summed E-state index contributed by atoms with van der Waals surface area (Å²) in [6.07, 6.45) is 1.01. The van der Waals surface area contributed by atoms with Crippen molar-refractivity contribution >= 4 is 34.8 Å². The molecule has 0 amide bonds. The number of benzene rings is 2. The Balaban J connectivity index is 2.07. The Labute approximate surface area is 157 Å². The summed E-state index contributed by atoms with van der Waals surface area (Å²) in [7, 11) is 0. The molecule has 5 nitrogen and oxygen atoms in total. The molecule has 0 aliphatic heterocycles. The third-order valence-corrected chi connectivity index (χ3v) is 4.70. The van der Waals surface area contributed by atoms with E-state index in [4.69, 9.17) is 34.8 Å². The lowest BCUT2D eigenvalue weighted by Crippen LogP contribution is -2.30. The van der Waals surface area contributed by atoms with Crippen molar-refractivity contribution in [1.82, 2.24) is 14.8 Å². The standard InChI is InChI=1S/C17H12Cl3N3O2/c1-9(10-2-4-11(18)5-3-10)16-13(19)6-12(7-14(16)20)23-17(25)22-15(24)8-21-23/h2-9H,1H3,(H,22,24,25). The van der Waals surface area contributed by atoms with Crippen LogP contribution >= 0.6 is 34.8 Å². The maximum atomic E-state index is 11.9. The molecule has 0 bridgehead atoms. The summed E-state index contributed by atoms with van der Waals surface area (Å²) in [6, 6.07) is 10.6. The number of nitrogens with one attached hydrogen (secondary N) is 1. The van der Waals surface area contributed by atoms with Crippen LogP contribution in [0.25, 0.3) is 5.69 Å². The van der Waals surface area contributed by atoms with E-state index >= 15 is 0 Å². The zero-order valence-corrected chi connectivity index (χ0v) is 15.2. The molecule has 3 rings (SSSR count). The second-order valence-corrected chi connectivity index (χ2v) is 6.70. The lowest BCUT2D eigenvalue weighted by atomic mass is 9.93. The van der Waals surface area contributed by atoms with Gasteiger partial charge in [-0.3, -0.25) is 9.78 Å². The lowest BCUT2D eigenvalue weighted by molar-refractivity contribution is 0.749. The average molecular weight is 397 g/mol. The maximum Gasteiger partial charge on any atom is 0.349 e. The minimum Gasteiger partial charge on any atom is -0.271 e. The highest BCUT2D eigenvalue weighted by molar-refractivity contribution is 6.36. The van der Waals surface area contributed by atoms with Crippen LogP contribution < -0.4 is 11.2 Å². The molecule has 0 aliphatic carbocycles. The van der Waals surface area contributed by atoms with Crippen molar-refractivity contribution in [1.29, 1.82) is 0 Å². The first-order chi connectivity index (χ1) is 11.9. The molecule has 0 saturated heterocycles. The quantitative estimate of drug-likeness (QED) is 0.726. The third-order valence-electron chi connectivity index (χ3n) is 3.82. The molecule has 1 heterocycles. The summed E-state index contributed by atoms with van der Waals surface area (Å²) < 4.78 is 1.02. The summed E-state index contributed by atoms with van der Waals surface area (Å²) in [4.78, 5) is 25.2. The van der Waals surface area contributed by atoms with Gasteiger partial charge in [0, 0.05) is 21.0 Å². The van der Waals surface area contributed by atoms with Gasteiger partial charge in [-0.15, -0.1) is 0 Å². The number of aromatic amines is 1. The Hall–Kier alpha value is -2.08. The summed E-state index contributed by atoms with van der Waals surface area (Å²) in [5, 5.41) is 5.23. The fourth-order valence-electron chi connectivity index (χ4n) is 2.56. The normalized spacial score (nSPS) is 12.2. The van der Waals surface area contributed by atoms with Gasteiger partial charge in [-0.05, 0) is 35.4 Å². The van der Waals surface area contributed by atoms with E-state index < -0.39 is 11.2 Å². The smallest absolute Gasteiger partial charge is 0.271 e. The fraction of sp³-hybridized carbons (Fsp3) is 0.118. The van der Waals surface area contributed by atoms with Crippen molar-refractivity contribution < 1.29 is 0 Å². The predicted octanol–water partition coefficient (Wildman–Crippen LogP) is 4.03. The van der Waals surface area contributed by atoms with Crippen molar-refractivity contribution in [3.05, 3.63) is 89.6 Å². The maximum absolute atomic E-state index is 11.9. The topological polar surface area (TPSA) is 67.8 Å². The van der Waals surface area contributed by atoms with Gasteiger partial charge < -0.3 is 0 Å². The van der Waals surface area contributed by atoms with Crippen LogP contribution in [0.3, 0.4) is 0 Å². The minimum atomic E-state index is -0.668. The Bertz CT molecular complexity index is 1020. The number of hydrogen-bond acceptors (Lipinski definition) is 3. The molecular weight excluding hydrogens is 385 g/mol. The van der Waals surface area contributed by atoms with E-state index in [1.807, 2.05) is 19.1 Å². The minimum absolute atomic E-state index is 0.0772. The molecule has 0 spiro atoms. The lowest BCUT2D eigenvalue weighted by Gasteiger charge is -2.17. The van der Waals surface area contributed by atoms with Gasteiger partial charge in [0.25, 0.3) is 5.56 Å². The monoisotopic (exact) mass is 395 g/mol. The molecule has 0 saturated carbocycles. The van der Waals surface area contributed by atoms with Gasteiger partial charge in [0.05, 0.1) is 5.69 Å². The first kappa shape index (κ1) is 17.7. The molecule has 0 fully saturated rings. The molecule has 1 N–H and O–H groups in total. The van der Waals surface area contributed by atoms with Crippen LogP contribution in [0.5, 0.6) is 0 Å². The first-order valence-electron chi connectivity index (χ1n) is 7.30. The van der Waals surface area contributed by atoms with Gasteiger partial charge in [-0.1, -0.05) is 53.9 Å².